The van der Waals surface area contributed by atoms with Gasteiger partial charge in [-0.15, -0.1) is 0 Å². The number of benzene rings is 2. The van der Waals surface area contributed by atoms with Gasteiger partial charge < -0.3 is 9.84 Å². The zero-order valence-electron chi connectivity index (χ0n) is 11.1. The largest absolute Gasteiger partial charge is 0.496 e. The summed E-state index contributed by atoms with van der Waals surface area (Å²) in [6.45, 7) is 1.86. The van der Waals surface area contributed by atoms with E-state index in [0.717, 1.165) is 0 Å². The fourth-order valence-corrected chi connectivity index (χ4v) is 2.28. The molecule has 0 spiro atoms. The maximum atomic E-state index is 13.4. The van der Waals surface area contributed by atoms with Crippen LogP contribution in [0.15, 0.2) is 48.5 Å². The van der Waals surface area contributed by atoms with Crippen molar-refractivity contribution in [3.05, 3.63) is 65.5 Å². The minimum Gasteiger partial charge on any atom is -0.496 e. The van der Waals surface area contributed by atoms with Crippen molar-refractivity contribution in [2.45, 2.75) is 18.9 Å². The monoisotopic (exact) mass is 260 g/mol. The number of aliphatic hydroxyl groups is 1. The van der Waals surface area contributed by atoms with E-state index in [4.69, 9.17) is 4.74 Å². The number of para-hydroxylation sites is 1. The highest BCUT2D eigenvalue weighted by Crippen LogP contribution is 2.38. The van der Waals surface area contributed by atoms with E-state index in [0.29, 0.717) is 23.3 Å². The second-order valence-corrected chi connectivity index (χ2v) is 4.42. The van der Waals surface area contributed by atoms with E-state index in [2.05, 4.69) is 0 Å². The quantitative estimate of drug-likeness (QED) is 0.912. The molecular weight excluding hydrogens is 243 g/mol. The highest BCUT2D eigenvalue weighted by Gasteiger charge is 2.32. The van der Waals surface area contributed by atoms with E-state index >= 15 is 0 Å². The number of hydrogen-bond acceptors (Lipinski definition) is 2. The zero-order chi connectivity index (χ0) is 13.9. The summed E-state index contributed by atoms with van der Waals surface area (Å²) in [5.41, 5.74) is -0.0839. The molecule has 3 heteroatoms. The van der Waals surface area contributed by atoms with E-state index < -0.39 is 5.60 Å². The molecule has 0 saturated carbocycles. The first-order chi connectivity index (χ1) is 9.11. The second kappa shape index (κ2) is 5.41. The van der Waals surface area contributed by atoms with E-state index in [1.54, 1.807) is 31.4 Å². The first-order valence-corrected chi connectivity index (χ1v) is 6.23. The minimum absolute atomic E-state index is 0.362. The third kappa shape index (κ3) is 2.47. The Bertz CT molecular complexity index is 568. The maximum absolute atomic E-state index is 13.4. The van der Waals surface area contributed by atoms with Crippen LogP contribution < -0.4 is 4.74 Å². The predicted molar refractivity (Wildman–Crippen MR) is 72.7 cm³/mol. The third-order valence-electron chi connectivity index (χ3n) is 3.37. The second-order valence-electron chi connectivity index (χ2n) is 4.42. The highest BCUT2D eigenvalue weighted by atomic mass is 19.1. The molecule has 19 heavy (non-hydrogen) atoms. The van der Waals surface area contributed by atoms with Gasteiger partial charge in [-0.3, -0.25) is 0 Å². The van der Waals surface area contributed by atoms with Gasteiger partial charge in [0.1, 0.15) is 17.2 Å². The molecule has 1 atom stereocenters. The van der Waals surface area contributed by atoms with Gasteiger partial charge in [0.15, 0.2) is 0 Å². The molecule has 0 heterocycles. The summed E-state index contributed by atoms with van der Waals surface area (Å²) in [6, 6.07) is 13.3. The molecule has 0 radical (unpaired) electrons. The van der Waals surface area contributed by atoms with Crippen molar-refractivity contribution in [3.8, 4) is 5.75 Å². The smallest absolute Gasteiger partial charge is 0.125 e. The molecular formula is C16H17FO2. The average molecular weight is 260 g/mol. The Kier molecular flexibility index (Phi) is 3.86. The van der Waals surface area contributed by atoms with Crippen molar-refractivity contribution in [3.63, 3.8) is 0 Å². The molecule has 0 aromatic heterocycles. The summed E-state index contributed by atoms with van der Waals surface area (Å²) in [6.07, 6.45) is 0.427. The van der Waals surface area contributed by atoms with Gasteiger partial charge >= 0.3 is 0 Å². The first-order valence-electron chi connectivity index (χ1n) is 6.23. The zero-order valence-corrected chi connectivity index (χ0v) is 11.1. The molecule has 2 nitrogen and oxygen atoms in total. The highest BCUT2D eigenvalue weighted by molar-refractivity contribution is 5.44. The average Bonchev–Trinajstić information content (AvgIpc) is 2.46. The van der Waals surface area contributed by atoms with Crippen LogP contribution in [-0.4, -0.2) is 12.2 Å². The number of halogens is 1. The molecule has 1 N–H and O–H groups in total. The Morgan fingerprint density at radius 3 is 2.53 bits per heavy atom. The molecule has 2 aromatic carbocycles. The molecule has 0 bridgehead atoms. The van der Waals surface area contributed by atoms with Crippen molar-refractivity contribution in [1.82, 2.24) is 0 Å². The summed E-state index contributed by atoms with van der Waals surface area (Å²) < 4.78 is 18.7. The van der Waals surface area contributed by atoms with Crippen molar-refractivity contribution in [2.75, 3.05) is 7.11 Å². The summed E-state index contributed by atoms with van der Waals surface area (Å²) >= 11 is 0. The predicted octanol–water partition coefficient (Wildman–Crippen LogP) is 3.48. The lowest BCUT2D eigenvalue weighted by molar-refractivity contribution is 0.0733. The van der Waals surface area contributed by atoms with Crippen molar-refractivity contribution in [2.24, 2.45) is 0 Å². The van der Waals surface area contributed by atoms with E-state index in [1.807, 2.05) is 19.1 Å². The van der Waals surface area contributed by atoms with Crippen LogP contribution in [0.4, 0.5) is 4.39 Å². The van der Waals surface area contributed by atoms with Gasteiger partial charge in [0.2, 0.25) is 0 Å². The van der Waals surface area contributed by atoms with Crippen molar-refractivity contribution < 1.29 is 14.2 Å². The summed E-state index contributed by atoms with van der Waals surface area (Å²) in [4.78, 5) is 0. The van der Waals surface area contributed by atoms with Gasteiger partial charge in [-0.25, -0.2) is 4.39 Å². The van der Waals surface area contributed by atoms with Crippen LogP contribution in [-0.2, 0) is 5.60 Å². The van der Waals surface area contributed by atoms with Gasteiger partial charge in [0.05, 0.1) is 7.11 Å². The molecule has 0 fully saturated rings. The fraction of sp³-hybridized carbons (Fsp3) is 0.250. The lowest BCUT2D eigenvalue weighted by Gasteiger charge is -2.29. The first kappa shape index (κ1) is 13.6. The molecule has 0 saturated heterocycles. The molecule has 0 aliphatic heterocycles. The molecule has 2 rings (SSSR count). The molecule has 100 valence electrons. The Balaban J connectivity index is 2.59. The van der Waals surface area contributed by atoms with Crippen LogP contribution in [0.3, 0.4) is 0 Å². The Labute approximate surface area is 112 Å². The summed E-state index contributed by atoms with van der Waals surface area (Å²) in [5, 5.41) is 11.0. The SMILES string of the molecule is CCC(O)(c1cccc(F)c1)c1ccccc1OC. The van der Waals surface area contributed by atoms with Crippen LogP contribution in [0.5, 0.6) is 5.75 Å². The van der Waals surface area contributed by atoms with Crippen molar-refractivity contribution >= 4 is 0 Å². The Morgan fingerprint density at radius 1 is 1.16 bits per heavy atom. The minimum atomic E-state index is -1.26. The molecule has 0 aliphatic rings. The lowest BCUT2D eigenvalue weighted by Crippen LogP contribution is -2.27. The Morgan fingerprint density at radius 2 is 1.89 bits per heavy atom. The van der Waals surface area contributed by atoms with E-state index in [9.17, 15) is 9.50 Å². The lowest BCUT2D eigenvalue weighted by atomic mass is 9.83. The number of methoxy groups -OCH3 is 1. The van der Waals surface area contributed by atoms with Gasteiger partial charge in [0, 0.05) is 5.56 Å². The molecule has 1 unspecified atom stereocenters. The standard InChI is InChI=1S/C16H17FO2/c1-3-16(18,12-7-6-8-13(17)11-12)14-9-4-5-10-15(14)19-2/h4-11,18H,3H2,1-2H3. The van der Waals surface area contributed by atoms with Crippen LogP contribution in [0.1, 0.15) is 24.5 Å². The fourth-order valence-electron chi connectivity index (χ4n) is 2.28. The van der Waals surface area contributed by atoms with Gasteiger partial charge in [-0.2, -0.15) is 0 Å². The normalized spacial score (nSPS) is 13.9. The molecule has 0 aliphatic carbocycles. The van der Waals surface area contributed by atoms with Crippen LogP contribution in [0.2, 0.25) is 0 Å². The summed E-state index contributed by atoms with van der Waals surface area (Å²) in [7, 11) is 1.56. The van der Waals surface area contributed by atoms with E-state index in [-0.39, 0.29) is 5.82 Å². The third-order valence-corrected chi connectivity index (χ3v) is 3.37. The van der Waals surface area contributed by atoms with Crippen LogP contribution in [0.25, 0.3) is 0 Å². The van der Waals surface area contributed by atoms with Crippen molar-refractivity contribution in [1.29, 1.82) is 0 Å². The number of ether oxygens (including phenoxy) is 1. The van der Waals surface area contributed by atoms with Crippen LogP contribution >= 0.6 is 0 Å². The van der Waals surface area contributed by atoms with Gasteiger partial charge in [0.25, 0.3) is 0 Å². The number of hydrogen-bond donors (Lipinski definition) is 1. The van der Waals surface area contributed by atoms with Gasteiger partial charge in [-0.05, 0) is 30.2 Å². The molecule has 2 aromatic rings. The van der Waals surface area contributed by atoms with Crippen LogP contribution in [0, 0.1) is 5.82 Å². The topological polar surface area (TPSA) is 29.5 Å². The molecule has 0 amide bonds. The Hall–Kier alpha value is -1.87. The van der Waals surface area contributed by atoms with E-state index in [1.165, 1.54) is 12.1 Å². The summed E-state index contributed by atoms with van der Waals surface area (Å²) in [5.74, 6) is 0.232. The van der Waals surface area contributed by atoms with Gasteiger partial charge in [-0.1, -0.05) is 37.3 Å². The maximum Gasteiger partial charge on any atom is 0.125 e. The number of rotatable bonds is 4.